The van der Waals surface area contributed by atoms with E-state index in [2.05, 4.69) is 34.9 Å². The molecule has 0 radical (unpaired) electrons. The highest BCUT2D eigenvalue weighted by molar-refractivity contribution is 5.29. The largest absolute Gasteiger partial charge is 0.316 e. The van der Waals surface area contributed by atoms with Crippen molar-refractivity contribution >= 4 is 0 Å². The van der Waals surface area contributed by atoms with E-state index in [-0.39, 0.29) is 0 Å². The van der Waals surface area contributed by atoms with Gasteiger partial charge in [0, 0.05) is 12.6 Å². The van der Waals surface area contributed by atoms with Gasteiger partial charge in [0.15, 0.2) is 0 Å². The normalized spacial score (nSPS) is 29.4. The van der Waals surface area contributed by atoms with Crippen LogP contribution < -0.4 is 10.6 Å². The second kappa shape index (κ2) is 5.19. The lowest BCUT2D eigenvalue weighted by Gasteiger charge is -2.24. The lowest BCUT2D eigenvalue weighted by Crippen LogP contribution is -2.26. The fourth-order valence-corrected chi connectivity index (χ4v) is 3.11. The molecular formula is C15H22N2. The van der Waals surface area contributed by atoms with Crippen molar-refractivity contribution in [2.45, 2.75) is 37.6 Å². The molecule has 0 aliphatic carbocycles. The second-order valence-corrected chi connectivity index (χ2v) is 5.36. The fraction of sp³-hybridized carbons (Fsp3) is 0.600. The number of piperidine rings is 1. The summed E-state index contributed by atoms with van der Waals surface area (Å²) < 4.78 is 0. The zero-order chi connectivity index (χ0) is 11.5. The van der Waals surface area contributed by atoms with Crippen LogP contribution in [0, 0.1) is 0 Å². The van der Waals surface area contributed by atoms with Gasteiger partial charge in [0.1, 0.15) is 0 Å². The van der Waals surface area contributed by atoms with E-state index in [1.807, 2.05) is 0 Å². The SMILES string of the molecule is c1cc(C2CCNC2)cc(C2CCCCN2)c1. The van der Waals surface area contributed by atoms with Crippen molar-refractivity contribution in [1.29, 1.82) is 0 Å². The van der Waals surface area contributed by atoms with Gasteiger partial charge in [-0.25, -0.2) is 0 Å². The van der Waals surface area contributed by atoms with Crippen LogP contribution in [0.2, 0.25) is 0 Å². The number of benzene rings is 1. The molecule has 2 atom stereocenters. The third-order valence-corrected chi connectivity index (χ3v) is 4.16. The molecule has 2 nitrogen and oxygen atoms in total. The van der Waals surface area contributed by atoms with Crippen molar-refractivity contribution in [3.05, 3.63) is 35.4 Å². The highest BCUT2D eigenvalue weighted by Crippen LogP contribution is 2.28. The molecule has 0 bridgehead atoms. The fourth-order valence-electron chi connectivity index (χ4n) is 3.11. The molecule has 0 spiro atoms. The van der Waals surface area contributed by atoms with E-state index in [4.69, 9.17) is 0 Å². The maximum atomic E-state index is 3.64. The van der Waals surface area contributed by atoms with Gasteiger partial charge in [-0.1, -0.05) is 30.7 Å². The van der Waals surface area contributed by atoms with Gasteiger partial charge in [0.2, 0.25) is 0 Å². The Bertz CT molecular complexity index is 363. The molecule has 2 aliphatic heterocycles. The first-order valence-corrected chi connectivity index (χ1v) is 6.97. The summed E-state index contributed by atoms with van der Waals surface area (Å²) in [5, 5.41) is 7.09. The summed E-state index contributed by atoms with van der Waals surface area (Å²) in [5.74, 6) is 0.735. The Balaban J connectivity index is 1.77. The molecule has 0 saturated carbocycles. The minimum Gasteiger partial charge on any atom is -0.316 e. The van der Waals surface area contributed by atoms with Crippen LogP contribution in [0.15, 0.2) is 24.3 Å². The highest BCUT2D eigenvalue weighted by atomic mass is 14.9. The van der Waals surface area contributed by atoms with Crippen LogP contribution in [0.4, 0.5) is 0 Å². The van der Waals surface area contributed by atoms with Gasteiger partial charge in [-0.15, -0.1) is 0 Å². The van der Waals surface area contributed by atoms with E-state index in [1.165, 1.54) is 49.9 Å². The Labute approximate surface area is 104 Å². The van der Waals surface area contributed by atoms with Gasteiger partial charge in [-0.2, -0.15) is 0 Å². The molecule has 17 heavy (non-hydrogen) atoms. The molecule has 2 fully saturated rings. The van der Waals surface area contributed by atoms with Crippen LogP contribution in [-0.2, 0) is 0 Å². The summed E-state index contributed by atoms with van der Waals surface area (Å²) in [5.41, 5.74) is 3.02. The number of hydrogen-bond acceptors (Lipinski definition) is 2. The number of hydrogen-bond donors (Lipinski definition) is 2. The Kier molecular flexibility index (Phi) is 3.44. The Morgan fingerprint density at radius 1 is 1.00 bits per heavy atom. The molecule has 0 aromatic heterocycles. The van der Waals surface area contributed by atoms with Gasteiger partial charge in [0.05, 0.1) is 0 Å². The first-order chi connectivity index (χ1) is 8.43. The number of rotatable bonds is 2. The first kappa shape index (κ1) is 11.2. The van der Waals surface area contributed by atoms with Crippen molar-refractivity contribution in [3.63, 3.8) is 0 Å². The summed E-state index contributed by atoms with van der Waals surface area (Å²) >= 11 is 0. The van der Waals surface area contributed by atoms with Gasteiger partial charge in [-0.3, -0.25) is 0 Å². The van der Waals surface area contributed by atoms with Crippen molar-refractivity contribution in [1.82, 2.24) is 10.6 Å². The van der Waals surface area contributed by atoms with Crippen LogP contribution in [0.5, 0.6) is 0 Å². The van der Waals surface area contributed by atoms with Crippen LogP contribution in [0.1, 0.15) is 48.8 Å². The van der Waals surface area contributed by atoms with Crippen LogP contribution in [0.25, 0.3) is 0 Å². The third-order valence-electron chi connectivity index (χ3n) is 4.16. The molecule has 2 aliphatic rings. The number of nitrogens with one attached hydrogen (secondary N) is 2. The predicted octanol–water partition coefficient (Wildman–Crippen LogP) is 2.58. The van der Waals surface area contributed by atoms with E-state index < -0.39 is 0 Å². The lowest BCUT2D eigenvalue weighted by atomic mass is 9.92. The predicted molar refractivity (Wildman–Crippen MR) is 71.3 cm³/mol. The first-order valence-electron chi connectivity index (χ1n) is 6.97. The van der Waals surface area contributed by atoms with Crippen molar-refractivity contribution in [2.75, 3.05) is 19.6 Å². The van der Waals surface area contributed by atoms with Crippen molar-refractivity contribution < 1.29 is 0 Å². The molecule has 2 unspecified atom stereocenters. The smallest absolute Gasteiger partial charge is 0.0320 e. The van der Waals surface area contributed by atoms with Crippen molar-refractivity contribution in [2.24, 2.45) is 0 Å². The molecule has 2 heteroatoms. The van der Waals surface area contributed by atoms with E-state index in [1.54, 1.807) is 0 Å². The van der Waals surface area contributed by atoms with Gasteiger partial charge < -0.3 is 10.6 Å². The van der Waals surface area contributed by atoms with Crippen LogP contribution in [0.3, 0.4) is 0 Å². The van der Waals surface area contributed by atoms with Crippen molar-refractivity contribution in [3.8, 4) is 0 Å². The Hall–Kier alpha value is -0.860. The summed E-state index contributed by atoms with van der Waals surface area (Å²) in [6.45, 7) is 3.51. The third kappa shape index (κ3) is 2.53. The van der Waals surface area contributed by atoms with Gasteiger partial charge >= 0.3 is 0 Å². The minimum atomic E-state index is 0.595. The summed E-state index contributed by atoms with van der Waals surface area (Å²) in [4.78, 5) is 0. The molecule has 0 amide bonds. The molecule has 92 valence electrons. The van der Waals surface area contributed by atoms with Gasteiger partial charge in [-0.05, 0) is 49.4 Å². The van der Waals surface area contributed by atoms with E-state index in [0.29, 0.717) is 6.04 Å². The summed E-state index contributed by atoms with van der Waals surface area (Å²) in [6.07, 6.45) is 5.30. The minimum absolute atomic E-state index is 0.595. The maximum Gasteiger partial charge on any atom is 0.0320 e. The van der Waals surface area contributed by atoms with E-state index in [9.17, 15) is 0 Å². The Morgan fingerprint density at radius 3 is 2.71 bits per heavy atom. The summed E-state index contributed by atoms with van der Waals surface area (Å²) in [6, 6.07) is 9.84. The lowest BCUT2D eigenvalue weighted by molar-refractivity contribution is 0.412. The maximum absolute atomic E-state index is 3.64. The molecule has 2 saturated heterocycles. The monoisotopic (exact) mass is 230 g/mol. The average Bonchev–Trinajstić information content (AvgIpc) is 2.94. The summed E-state index contributed by atoms with van der Waals surface area (Å²) in [7, 11) is 0. The molecule has 1 aromatic carbocycles. The van der Waals surface area contributed by atoms with Crippen LogP contribution in [-0.4, -0.2) is 19.6 Å². The second-order valence-electron chi connectivity index (χ2n) is 5.36. The Morgan fingerprint density at radius 2 is 1.94 bits per heavy atom. The molecule has 3 rings (SSSR count). The topological polar surface area (TPSA) is 24.1 Å². The van der Waals surface area contributed by atoms with Gasteiger partial charge in [0.25, 0.3) is 0 Å². The zero-order valence-electron chi connectivity index (χ0n) is 10.4. The van der Waals surface area contributed by atoms with E-state index >= 15 is 0 Å². The average molecular weight is 230 g/mol. The zero-order valence-corrected chi connectivity index (χ0v) is 10.4. The molecule has 2 N–H and O–H groups in total. The standard InChI is InChI=1S/C15H22N2/c1-2-8-17-15(6-1)13-5-3-4-12(10-13)14-7-9-16-11-14/h3-5,10,14-17H,1-2,6-9,11H2. The molecule has 1 aromatic rings. The van der Waals surface area contributed by atoms with Crippen LogP contribution >= 0.6 is 0 Å². The quantitative estimate of drug-likeness (QED) is 0.816. The highest BCUT2D eigenvalue weighted by Gasteiger charge is 2.19. The molecule has 2 heterocycles. The molecular weight excluding hydrogens is 208 g/mol. The van der Waals surface area contributed by atoms with E-state index in [0.717, 1.165) is 12.5 Å².